The van der Waals surface area contributed by atoms with E-state index in [1.807, 2.05) is 0 Å². The monoisotopic (exact) mass is 577 g/mol. The first-order chi connectivity index (χ1) is 19.5. The highest BCUT2D eigenvalue weighted by molar-refractivity contribution is 5.89. The minimum absolute atomic E-state index is 0.0206. The molecule has 1 amide bonds. The molecule has 0 unspecified atom stereocenters. The summed E-state index contributed by atoms with van der Waals surface area (Å²) < 4.78 is 59.9. The van der Waals surface area contributed by atoms with Gasteiger partial charge in [-0.2, -0.15) is 13.2 Å². The van der Waals surface area contributed by atoms with Crippen LogP contribution >= 0.6 is 0 Å². The number of ether oxygens (including phenoxy) is 1. The normalized spacial score (nSPS) is 27.0. The minimum Gasteiger partial charge on any atom is -0.478 e. The fourth-order valence-electron chi connectivity index (χ4n) is 6.32. The number of likely N-dealkylation sites (tertiary alicyclic amines) is 1. The van der Waals surface area contributed by atoms with Gasteiger partial charge in [0.1, 0.15) is 12.4 Å². The van der Waals surface area contributed by atoms with E-state index >= 15 is 0 Å². The van der Waals surface area contributed by atoms with Gasteiger partial charge in [0, 0.05) is 30.9 Å². The van der Waals surface area contributed by atoms with E-state index in [1.54, 1.807) is 0 Å². The Hall–Kier alpha value is -3.22. The third-order valence-electron chi connectivity index (χ3n) is 8.73. The fourth-order valence-corrected chi connectivity index (χ4v) is 6.32. The van der Waals surface area contributed by atoms with E-state index in [4.69, 9.17) is 9.57 Å². The number of hydroxylamine groups is 2. The van der Waals surface area contributed by atoms with Crippen molar-refractivity contribution in [2.24, 2.45) is 5.92 Å². The third-order valence-corrected chi connectivity index (χ3v) is 8.73. The maximum absolute atomic E-state index is 13.8. The molecule has 0 spiro atoms. The maximum atomic E-state index is 13.8. The van der Waals surface area contributed by atoms with E-state index < -0.39 is 29.1 Å². The molecule has 2 saturated heterocycles. The van der Waals surface area contributed by atoms with Crippen LogP contribution in [-0.2, 0) is 33.7 Å². The number of anilines is 1. The van der Waals surface area contributed by atoms with Gasteiger partial charge in [-0.15, -0.1) is 0 Å². The summed E-state index contributed by atoms with van der Waals surface area (Å²) in [4.78, 5) is 33.1. The maximum Gasteiger partial charge on any atom is 0.416 e. The topological polar surface area (TPSA) is 91.3 Å². The van der Waals surface area contributed by atoms with Gasteiger partial charge in [-0.05, 0) is 79.5 Å². The van der Waals surface area contributed by atoms with Crippen LogP contribution in [0.5, 0.6) is 0 Å². The van der Waals surface area contributed by atoms with Gasteiger partial charge in [0.05, 0.1) is 24.3 Å². The Labute approximate surface area is 234 Å². The number of nitrogens with zero attached hydrogens (tertiary/aromatic N) is 2. The summed E-state index contributed by atoms with van der Waals surface area (Å²) in [5.74, 6) is -2.38. The lowest BCUT2D eigenvalue weighted by Gasteiger charge is -2.44. The molecule has 41 heavy (non-hydrogen) atoms. The highest BCUT2D eigenvalue weighted by atomic mass is 19.4. The highest BCUT2D eigenvalue weighted by Gasteiger charge is 2.56. The van der Waals surface area contributed by atoms with Crippen molar-refractivity contribution in [3.8, 4) is 0 Å². The number of carbonyl (C=O) groups excluding carboxylic acids is 1. The number of hydrogen-bond donors (Lipinski definition) is 2. The second-order valence-electron chi connectivity index (χ2n) is 11.4. The Morgan fingerprint density at radius 3 is 2.54 bits per heavy atom. The number of halogens is 4. The molecule has 0 aromatic heterocycles. The molecule has 1 saturated carbocycles. The molecule has 4 aliphatic rings. The molecule has 1 aliphatic carbocycles. The van der Waals surface area contributed by atoms with E-state index in [1.165, 1.54) is 23.3 Å². The van der Waals surface area contributed by atoms with Gasteiger partial charge >= 0.3 is 12.1 Å². The van der Waals surface area contributed by atoms with Crippen LogP contribution in [0.3, 0.4) is 0 Å². The van der Waals surface area contributed by atoms with Crippen LogP contribution in [-0.4, -0.2) is 64.3 Å². The first kappa shape index (κ1) is 27.9. The van der Waals surface area contributed by atoms with E-state index in [-0.39, 0.29) is 42.6 Å². The molecule has 0 bridgehead atoms. The quantitative estimate of drug-likeness (QED) is 0.476. The summed E-state index contributed by atoms with van der Waals surface area (Å²) in [6, 6.07) is 7.61. The van der Waals surface area contributed by atoms with E-state index in [0.29, 0.717) is 36.4 Å². The molecule has 2 aromatic rings. The molecule has 220 valence electrons. The molecular weight excluding hydrogens is 546 g/mol. The number of carbonyl (C=O) groups is 2. The highest BCUT2D eigenvalue weighted by Crippen LogP contribution is 2.48. The van der Waals surface area contributed by atoms with Gasteiger partial charge in [-0.25, -0.2) is 14.2 Å². The summed E-state index contributed by atoms with van der Waals surface area (Å²) in [5.41, 5.74) is -0.586. The standard InChI is InChI=1S/C29H31F4N3O5/c30-25-6-5-21(12-24(25)26(37)38)34-22-8-10-35(14-22)23-7-9-28(40-16-23,19-3-4-19)27(39)36-13-18-11-20(29(31,32)33)2-1-17(18)15-41-36/h1-2,5-6,11-12,19,22-23,34H,3-4,7-10,13-16H2,(H,37,38)/t22-,23-,28+/m1/s1. The van der Waals surface area contributed by atoms with Crippen LogP contribution < -0.4 is 5.32 Å². The molecule has 6 rings (SSSR count). The number of nitrogens with one attached hydrogen (secondary N) is 1. The van der Waals surface area contributed by atoms with E-state index in [9.17, 15) is 32.3 Å². The summed E-state index contributed by atoms with van der Waals surface area (Å²) in [5, 5.41) is 13.7. The smallest absolute Gasteiger partial charge is 0.416 e. The van der Waals surface area contributed by atoms with Crippen molar-refractivity contribution in [1.29, 1.82) is 0 Å². The number of benzene rings is 2. The molecule has 8 nitrogen and oxygen atoms in total. The summed E-state index contributed by atoms with van der Waals surface area (Å²) >= 11 is 0. The zero-order valence-corrected chi connectivity index (χ0v) is 22.3. The summed E-state index contributed by atoms with van der Waals surface area (Å²) in [6.45, 7) is 1.78. The van der Waals surface area contributed by atoms with Gasteiger partial charge < -0.3 is 15.2 Å². The number of rotatable bonds is 6. The second-order valence-corrected chi connectivity index (χ2v) is 11.4. The Morgan fingerprint density at radius 1 is 1.05 bits per heavy atom. The number of amides is 1. The number of aromatic carboxylic acids is 1. The molecular formula is C29H31F4N3O5. The molecule has 3 atom stereocenters. The fraction of sp³-hybridized carbons (Fsp3) is 0.517. The van der Waals surface area contributed by atoms with Gasteiger partial charge in [-0.3, -0.25) is 14.5 Å². The van der Waals surface area contributed by atoms with Gasteiger partial charge in [-0.1, -0.05) is 6.07 Å². The number of carboxylic acid groups (broad SMARTS) is 1. The first-order valence-corrected chi connectivity index (χ1v) is 13.8. The number of hydrogen-bond acceptors (Lipinski definition) is 6. The predicted octanol–water partition coefficient (Wildman–Crippen LogP) is 4.83. The zero-order chi connectivity index (χ0) is 28.9. The van der Waals surface area contributed by atoms with Gasteiger partial charge in [0.25, 0.3) is 5.91 Å². The van der Waals surface area contributed by atoms with Crippen molar-refractivity contribution < 1.29 is 41.8 Å². The van der Waals surface area contributed by atoms with Gasteiger partial charge in [0.15, 0.2) is 5.60 Å². The lowest BCUT2D eigenvalue weighted by atomic mass is 9.85. The Kier molecular flexibility index (Phi) is 7.19. The Balaban J connectivity index is 1.08. The third kappa shape index (κ3) is 5.52. The zero-order valence-electron chi connectivity index (χ0n) is 22.3. The van der Waals surface area contributed by atoms with Crippen molar-refractivity contribution in [2.75, 3.05) is 25.0 Å². The van der Waals surface area contributed by atoms with Crippen LogP contribution in [0.15, 0.2) is 36.4 Å². The number of alkyl halides is 3. The Bertz CT molecular complexity index is 1340. The van der Waals surface area contributed by atoms with Crippen molar-refractivity contribution in [3.05, 3.63) is 64.5 Å². The number of carboxylic acids is 1. The van der Waals surface area contributed by atoms with Crippen molar-refractivity contribution in [2.45, 2.75) is 69.1 Å². The predicted molar refractivity (Wildman–Crippen MR) is 138 cm³/mol. The first-order valence-electron chi connectivity index (χ1n) is 13.8. The average Bonchev–Trinajstić information content (AvgIpc) is 3.71. The van der Waals surface area contributed by atoms with Crippen LogP contribution in [0, 0.1) is 11.7 Å². The minimum atomic E-state index is -4.47. The van der Waals surface area contributed by atoms with Crippen LogP contribution in [0.2, 0.25) is 0 Å². The van der Waals surface area contributed by atoms with Crippen molar-refractivity contribution >= 4 is 17.6 Å². The molecule has 2 aromatic carbocycles. The molecule has 3 aliphatic heterocycles. The molecule has 3 heterocycles. The molecule has 3 fully saturated rings. The lowest BCUT2D eigenvalue weighted by molar-refractivity contribution is -0.230. The number of fused-ring (bicyclic) bond motifs is 1. The van der Waals surface area contributed by atoms with Crippen LogP contribution in [0.4, 0.5) is 23.2 Å². The van der Waals surface area contributed by atoms with Crippen molar-refractivity contribution in [1.82, 2.24) is 9.96 Å². The lowest BCUT2D eigenvalue weighted by Crippen LogP contribution is -2.57. The van der Waals surface area contributed by atoms with E-state index in [2.05, 4.69) is 10.2 Å². The summed E-state index contributed by atoms with van der Waals surface area (Å²) in [6.07, 6.45) is -0.745. The van der Waals surface area contributed by atoms with Crippen LogP contribution in [0.1, 0.15) is 59.2 Å². The van der Waals surface area contributed by atoms with Crippen molar-refractivity contribution in [3.63, 3.8) is 0 Å². The molecule has 2 N–H and O–H groups in total. The van der Waals surface area contributed by atoms with E-state index in [0.717, 1.165) is 50.4 Å². The molecule has 0 radical (unpaired) electrons. The Morgan fingerprint density at radius 2 is 1.85 bits per heavy atom. The van der Waals surface area contributed by atoms with Gasteiger partial charge in [0.2, 0.25) is 0 Å². The second kappa shape index (κ2) is 10.6. The summed E-state index contributed by atoms with van der Waals surface area (Å²) in [7, 11) is 0. The largest absolute Gasteiger partial charge is 0.478 e. The average molecular weight is 578 g/mol. The molecule has 12 heteroatoms. The SMILES string of the molecule is O=C(O)c1cc(N[C@@H]2CCN([C@@H]3CC[C@@](C(=O)N4Cc5cc(C(F)(F)F)ccc5CO4)(C4CC4)OC3)C2)ccc1F. The van der Waals surface area contributed by atoms with Crippen LogP contribution in [0.25, 0.3) is 0 Å².